The van der Waals surface area contributed by atoms with E-state index < -0.39 is 45.8 Å². The first kappa shape index (κ1) is 37.1. The summed E-state index contributed by atoms with van der Waals surface area (Å²) in [7, 11) is -2.02. The highest BCUT2D eigenvalue weighted by Crippen LogP contribution is 2.31. The van der Waals surface area contributed by atoms with Gasteiger partial charge in [0.2, 0.25) is 10.0 Å². The van der Waals surface area contributed by atoms with Crippen molar-refractivity contribution in [3.05, 3.63) is 53.6 Å². The summed E-state index contributed by atoms with van der Waals surface area (Å²) in [6, 6.07) is 7.12. The maximum Gasteiger partial charge on any atom is 0.416 e. The number of nitrogens with zero attached hydrogens (tertiary/aromatic N) is 2. The lowest BCUT2D eigenvalue weighted by molar-refractivity contribution is -0.137. The average molecular weight is 673 g/mol. The highest BCUT2D eigenvalue weighted by atomic mass is 32.2. The van der Waals surface area contributed by atoms with Crippen molar-refractivity contribution in [2.45, 2.75) is 64.5 Å². The maximum atomic E-state index is 14.2. The summed E-state index contributed by atoms with van der Waals surface area (Å²) in [6.45, 7) is 5.62. The first-order valence-corrected chi connectivity index (χ1v) is 16.8. The standard InChI is InChI=1S/C31H43F3N4O7S/c1-20-17-38(21(2)19-39)29(40)26-16-25(36-30(41)35-24-11-9-23(10-12-24)31(32,33)34)13-14-27(26)45-22(3)8-6-7-15-44-28(20)18-37(4)46(5,42)43/h9-14,16,20-22,28,39H,6-8,15,17-19H2,1-5H3,(H2,35,36,41)/t20-,21+,22-,28+/m0/s1. The Morgan fingerprint density at radius 1 is 1.11 bits per heavy atom. The van der Waals surface area contributed by atoms with Crippen LogP contribution >= 0.6 is 0 Å². The van der Waals surface area contributed by atoms with E-state index in [4.69, 9.17) is 9.47 Å². The van der Waals surface area contributed by atoms with Crippen LogP contribution in [-0.4, -0.2) is 92.5 Å². The summed E-state index contributed by atoms with van der Waals surface area (Å²) < 4.78 is 76.5. The van der Waals surface area contributed by atoms with Gasteiger partial charge in [-0.1, -0.05) is 6.92 Å². The minimum Gasteiger partial charge on any atom is -0.490 e. The predicted octanol–water partition coefficient (Wildman–Crippen LogP) is 5.04. The van der Waals surface area contributed by atoms with Crippen LogP contribution in [0.3, 0.4) is 0 Å². The van der Waals surface area contributed by atoms with Crippen molar-refractivity contribution in [2.24, 2.45) is 5.92 Å². The van der Waals surface area contributed by atoms with Crippen molar-refractivity contribution in [1.29, 1.82) is 0 Å². The number of urea groups is 1. The molecule has 0 unspecified atom stereocenters. The van der Waals surface area contributed by atoms with Crippen molar-refractivity contribution < 1.29 is 45.8 Å². The number of benzene rings is 2. The molecular formula is C31H43F3N4O7S. The Balaban J connectivity index is 1.92. The van der Waals surface area contributed by atoms with Crippen LogP contribution in [0.4, 0.5) is 29.3 Å². The van der Waals surface area contributed by atoms with Crippen LogP contribution in [0.15, 0.2) is 42.5 Å². The number of carbonyl (C=O) groups excluding carboxylic acids is 2. The lowest BCUT2D eigenvalue weighted by atomic mass is 10.0. The number of aliphatic hydroxyl groups is 1. The largest absolute Gasteiger partial charge is 0.490 e. The van der Waals surface area contributed by atoms with Crippen molar-refractivity contribution in [1.82, 2.24) is 9.21 Å². The molecule has 0 spiro atoms. The third-order valence-corrected chi connectivity index (χ3v) is 9.06. The summed E-state index contributed by atoms with van der Waals surface area (Å²) in [4.78, 5) is 28.4. The van der Waals surface area contributed by atoms with Gasteiger partial charge in [-0.05, 0) is 75.6 Å². The number of likely N-dealkylation sites (N-methyl/N-ethyl adjacent to an activating group) is 1. The van der Waals surface area contributed by atoms with Crippen LogP contribution in [0.5, 0.6) is 5.75 Å². The molecule has 0 aromatic heterocycles. The molecule has 2 aromatic carbocycles. The zero-order valence-corrected chi connectivity index (χ0v) is 27.5. The van der Waals surface area contributed by atoms with Gasteiger partial charge in [0.1, 0.15) is 5.75 Å². The van der Waals surface area contributed by atoms with Crippen molar-refractivity contribution in [3.63, 3.8) is 0 Å². The van der Waals surface area contributed by atoms with Gasteiger partial charge in [-0.3, -0.25) is 4.79 Å². The lowest BCUT2D eigenvalue weighted by Gasteiger charge is -2.35. The average Bonchev–Trinajstić information content (AvgIpc) is 2.97. The smallest absolute Gasteiger partial charge is 0.416 e. The van der Waals surface area contributed by atoms with Crippen LogP contribution in [0.25, 0.3) is 0 Å². The number of amides is 3. The molecule has 0 bridgehead atoms. The summed E-state index contributed by atoms with van der Waals surface area (Å²) >= 11 is 0. The molecule has 1 heterocycles. The number of sulfonamides is 1. The predicted molar refractivity (Wildman–Crippen MR) is 168 cm³/mol. The lowest BCUT2D eigenvalue weighted by Crippen LogP contribution is -2.47. The number of nitrogens with one attached hydrogen (secondary N) is 2. The first-order valence-electron chi connectivity index (χ1n) is 15.0. The fourth-order valence-corrected chi connectivity index (χ4v) is 5.31. The second kappa shape index (κ2) is 15.9. The zero-order valence-electron chi connectivity index (χ0n) is 26.6. The summed E-state index contributed by atoms with van der Waals surface area (Å²) in [5.41, 5.74) is -0.384. The van der Waals surface area contributed by atoms with Gasteiger partial charge < -0.3 is 30.1 Å². The molecule has 1 aliphatic rings. The van der Waals surface area contributed by atoms with Gasteiger partial charge in [0.25, 0.3) is 5.91 Å². The molecule has 11 nitrogen and oxygen atoms in total. The molecule has 0 radical (unpaired) electrons. The molecular weight excluding hydrogens is 629 g/mol. The van der Waals surface area contributed by atoms with E-state index in [0.717, 1.165) is 36.9 Å². The second-order valence-corrected chi connectivity index (χ2v) is 13.8. The number of carbonyl (C=O) groups is 2. The van der Waals surface area contributed by atoms with Crippen LogP contribution in [0.1, 0.15) is 56.0 Å². The van der Waals surface area contributed by atoms with Crippen LogP contribution < -0.4 is 15.4 Å². The van der Waals surface area contributed by atoms with Gasteiger partial charge in [-0.15, -0.1) is 0 Å². The summed E-state index contributed by atoms with van der Waals surface area (Å²) in [6.07, 6.45) is -2.12. The molecule has 0 saturated heterocycles. The number of rotatable bonds is 7. The quantitative estimate of drug-likeness (QED) is 0.375. The Kier molecular flexibility index (Phi) is 12.8. The number of anilines is 2. The Hall–Kier alpha value is -3.40. The van der Waals surface area contributed by atoms with Gasteiger partial charge in [0, 0.05) is 44.0 Å². The normalized spacial score (nSPS) is 21.1. The Morgan fingerprint density at radius 2 is 1.74 bits per heavy atom. The molecule has 4 atom stereocenters. The monoisotopic (exact) mass is 672 g/mol. The molecule has 3 N–H and O–H groups in total. The molecule has 1 aliphatic heterocycles. The molecule has 0 aliphatic carbocycles. The van der Waals surface area contributed by atoms with Gasteiger partial charge >= 0.3 is 12.2 Å². The van der Waals surface area contributed by atoms with Crippen molar-refractivity contribution in [2.75, 3.05) is 50.2 Å². The van der Waals surface area contributed by atoms with Crippen LogP contribution in [-0.2, 0) is 20.9 Å². The second-order valence-electron chi connectivity index (χ2n) is 11.7. The van der Waals surface area contributed by atoms with E-state index in [0.29, 0.717) is 19.4 Å². The van der Waals surface area contributed by atoms with Gasteiger partial charge in [-0.25, -0.2) is 17.5 Å². The number of hydrogen-bond acceptors (Lipinski definition) is 7. The number of fused-ring (bicyclic) bond motifs is 1. The Labute approximate surface area is 268 Å². The van der Waals surface area contributed by atoms with E-state index in [9.17, 15) is 36.3 Å². The van der Waals surface area contributed by atoms with E-state index in [2.05, 4.69) is 10.6 Å². The molecule has 3 rings (SSSR count). The maximum absolute atomic E-state index is 14.2. The van der Waals surface area contributed by atoms with E-state index in [1.54, 1.807) is 19.1 Å². The van der Waals surface area contributed by atoms with Crippen LogP contribution in [0, 0.1) is 5.92 Å². The highest BCUT2D eigenvalue weighted by molar-refractivity contribution is 7.88. The van der Waals surface area contributed by atoms with Gasteiger partial charge in [0.15, 0.2) is 0 Å². The minimum absolute atomic E-state index is 0.0771. The third kappa shape index (κ3) is 10.6. The number of hydrogen-bond donors (Lipinski definition) is 3. The molecule has 46 heavy (non-hydrogen) atoms. The fourth-order valence-electron chi connectivity index (χ4n) is 4.89. The van der Waals surface area contributed by atoms with Crippen molar-refractivity contribution >= 4 is 33.3 Å². The molecule has 0 fully saturated rings. The first-order chi connectivity index (χ1) is 21.5. The topological polar surface area (TPSA) is 138 Å². The molecule has 0 saturated carbocycles. The minimum atomic E-state index is -4.51. The zero-order chi connectivity index (χ0) is 34.2. The number of aliphatic hydroxyl groups excluding tert-OH is 1. The van der Waals surface area contributed by atoms with E-state index in [-0.39, 0.29) is 54.4 Å². The summed E-state index contributed by atoms with van der Waals surface area (Å²) in [5, 5.41) is 15.1. The Bertz CT molecular complexity index is 1440. The van der Waals surface area contributed by atoms with E-state index >= 15 is 0 Å². The molecule has 2 aromatic rings. The van der Waals surface area contributed by atoms with E-state index in [1.165, 1.54) is 22.3 Å². The molecule has 15 heteroatoms. The van der Waals surface area contributed by atoms with Gasteiger partial charge in [-0.2, -0.15) is 13.2 Å². The molecule has 256 valence electrons. The number of alkyl halides is 3. The number of halogens is 3. The van der Waals surface area contributed by atoms with Gasteiger partial charge in [0.05, 0.1) is 42.2 Å². The molecule has 3 amide bonds. The SMILES string of the molecule is C[C@H](CO)N1C[C@H](C)[C@@H](CN(C)S(C)(=O)=O)OCCCC[C@H](C)Oc2ccc(NC(=O)Nc3ccc(C(F)(F)F)cc3)cc2C1=O. The highest BCUT2D eigenvalue weighted by Gasteiger charge is 2.32. The van der Waals surface area contributed by atoms with Crippen molar-refractivity contribution in [3.8, 4) is 5.75 Å². The fraction of sp³-hybridized carbons (Fsp3) is 0.548. The van der Waals surface area contributed by atoms with Crippen LogP contribution in [0.2, 0.25) is 0 Å². The van der Waals surface area contributed by atoms with E-state index in [1.807, 2.05) is 13.8 Å². The third-order valence-electron chi connectivity index (χ3n) is 7.78. The number of ether oxygens (including phenoxy) is 2. The Morgan fingerprint density at radius 3 is 2.35 bits per heavy atom. The summed E-state index contributed by atoms with van der Waals surface area (Å²) in [5.74, 6) is -0.561.